The summed E-state index contributed by atoms with van der Waals surface area (Å²) in [6.45, 7) is 2.52. The monoisotopic (exact) mass is 440 g/mol. The van der Waals surface area contributed by atoms with Gasteiger partial charge in [0.2, 0.25) is 0 Å². The third-order valence-electron chi connectivity index (χ3n) is 5.28. The molecule has 7 nitrogen and oxygen atoms in total. The van der Waals surface area contributed by atoms with Gasteiger partial charge in [-0.3, -0.25) is 9.48 Å². The zero-order chi connectivity index (χ0) is 22.5. The lowest BCUT2D eigenvalue weighted by Gasteiger charge is -2.10. The minimum absolute atomic E-state index is 0.00292. The lowest BCUT2D eigenvalue weighted by molar-refractivity contribution is -0.142. The highest BCUT2D eigenvalue weighted by molar-refractivity contribution is 6.02. The van der Waals surface area contributed by atoms with E-state index in [0.29, 0.717) is 16.8 Å². The van der Waals surface area contributed by atoms with E-state index >= 15 is 0 Å². The molecule has 1 fully saturated rings. The fourth-order valence-corrected chi connectivity index (χ4v) is 3.59. The van der Waals surface area contributed by atoms with Gasteiger partial charge in [-0.25, -0.2) is 9.50 Å². The van der Waals surface area contributed by atoms with Gasteiger partial charge in [-0.1, -0.05) is 29.8 Å². The van der Waals surface area contributed by atoms with Crippen molar-refractivity contribution in [3.05, 3.63) is 76.9 Å². The van der Waals surface area contributed by atoms with Crippen LogP contribution in [0.25, 0.3) is 5.65 Å². The number of aryl methyl sites for hydroxylation is 1. The summed E-state index contributed by atoms with van der Waals surface area (Å²) < 4.78 is 43.0. The van der Waals surface area contributed by atoms with E-state index in [-0.39, 0.29) is 23.1 Å². The van der Waals surface area contributed by atoms with E-state index in [2.05, 4.69) is 20.5 Å². The average molecular weight is 440 g/mol. The fraction of sp³-hybridized carbons (Fsp3) is 0.273. The van der Waals surface area contributed by atoms with E-state index in [1.807, 2.05) is 31.2 Å². The second-order valence-electron chi connectivity index (χ2n) is 7.98. The molecule has 0 spiro atoms. The molecule has 1 aliphatic carbocycles. The summed E-state index contributed by atoms with van der Waals surface area (Å²) in [6.07, 6.45) is -1.27. The van der Waals surface area contributed by atoms with Crippen molar-refractivity contribution in [1.29, 1.82) is 0 Å². The molecule has 10 heteroatoms. The Morgan fingerprint density at radius 3 is 2.69 bits per heavy atom. The highest BCUT2D eigenvalue weighted by atomic mass is 19.4. The van der Waals surface area contributed by atoms with Crippen molar-refractivity contribution in [3.63, 3.8) is 0 Å². The first-order chi connectivity index (χ1) is 15.3. The molecular formula is C22H19F3N6O. The van der Waals surface area contributed by atoms with Gasteiger partial charge in [0.05, 0.1) is 6.54 Å². The van der Waals surface area contributed by atoms with Crippen LogP contribution in [0, 0.1) is 6.92 Å². The van der Waals surface area contributed by atoms with Crippen molar-refractivity contribution in [1.82, 2.24) is 24.4 Å². The zero-order valence-corrected chi connectivity index (χ0v) is 17.1. The van der Waals surface area contributed by atoms with Crippen molar-refractivity contribution >= 4 is 17.4 Å². The van der Waals surface area contributed by atoms with Crippen LogP contribution in [0.4, 0.5) is 19.0 Å². The number of rotatable bonds is 5. The molecule has 0 radical (unpaired) electrons. The molecule has 1 amide bonds. The van der Waals surface area contributed by atoms with Crippen LogP contribution in [-0.2, 0) is 12.7 Å². The standard InChI is InChI=1S/C22H19F3N6O/c1-13-3-2-4-14(9-13)12-30-8-7-19(29-30)27-21(32)17-11-20-26-16(15-5-6-15)10-18(22(23,24)25)31(20)28-17/h2-4,7-11,15H,5-6,12H2,1H3,(H,27,29,32). The molecule has 1 saturated carbocycles. The summed E-state index contributed by atoms with van der Waals surface area (Å²) in [5.74, 6) is -0.342. The summed E-state index contributed by atoms with van der Waals surface area (Å²) in [7, 11) is 0. The lowest BCUT2D eigenvalue weighted by Crippen LogP contribution is -2.16. The Morgan fingerprint density at radius 2 is 1.97 bits per heavy atom. The van der Waals surface area contributed by atoms with Crippen LogP contribution in [0.2, 0.25) is 0 Å². The number of halogens is 3. The van der Waals surface area contributed by atoms with E-state index in [1.165, 1.54) is 6.07 Å². The van der Waals surface area contributed by atoms with Crippen molar-refractivity contribution in [3.8, 4) is 0 Å². The molecule has 5 rings (SSSR count). The first kappa shape index (κ1) is 20.2. The average Bonchev–Trinajstić information content (AvgIpc) is 3.34. The molecule has 1 aliphatic rings. The number of nitrogens with one attached hydrogen (secondary N) is 1. The van der Waals surface area contributed by atoms with E-state index in [0.717, 1.165) is 30.0 Å². The van der Waals surface area contributed by atoms with Gasteiger partial charge in [0.15, 0.2) is 17.2 Å². The smallest absolute Gasteiger partial charge is 0.304 e. The number of alkyl halides is 3. The molecule has 4 aromatic rings. The largest absolute Gasteiger partial charge is 0.433 e. The second kappa shape index (κ2) is 7.47. The number of fused-ring (bicyclic) bond motifs is 1. The quantitative estimate of drug-likeness (QED) is 0.498. The minimum atomic E-state index is -4.61. The highest BCUT2D eigenvalue weighted by Crippen LogP contribution is 2.41. The third kappa shape index (κ3) is 4.08. The molecule has 0 aliphatic heterocycles. The summed E-state index contributed by atoms with van der Waals surface area (Å²) >= 11 is 0. The molecule has 0 atom stereocenters. The number of benzene rings is 1. The van der Waals surface area contributed by atoms with E-state index in [1.54, 1.807) is 16.9 Å². The van der Waals surface area contributed by atoms with Crippen LogP contribution in [-0.4, -0.2) is 30.3 Å². The van der Waals surface area contributed by atoms with Gasteiger partial charge in [-0.05, 0) is 31.4 Å². The van der Waals surface area contributed by atoms with E-state index in [9.17, 15) is 18.0 Å². The van der Waals surface area contributed by atoms with Gasteiger partial charge < -0.3 is 5.32 Å². The molecule has 0 saturated heterocycles. The van der Waals surface area contributed by atoms with Crippen molar-refractivity contribution in [2.24, 2.45) is 0 Å². The minimum Gasteiger partial charge on any atom is -0.304 e. The number of hydrogen-bond acceptors (Lipinski definition) is 4. The molecule has 1 aromatic carbocycles. The van der Waals surface area contributed by atoms with Crippen LogP contribution < -0.4 is 5.32 Å². The van der Waals surface area contributed by atoms with Gasteiger partial charge >= 0.3 is 6.18 Å². The Bertz CT molecular complexity index is 1320. The number of amides is 1. The highest BCUT2D eigenvalue weighted by Gasteiger charge is 2.37. The molecule has 3 heterocycles. The number of aromatic nitrogens is 5. The fourth-order valence-electron chi connectivity index (χ4n) is 3.59. The maximum absolute atomic E-state index is 13.5. The Kier molecular flexibility index (Phi) is 4.72. The SMILES string of the molecule is Cc1cccc(Cn2ccc(NC(=O)c3cc4nc(C5CC5)cc(C(F)(F)F)n4n3)n2)c1. The summed E-state index contributed by atoms with van der Waals surface area (Å²) in [5.41, 5.74) is 1.47. The maximum Gasteiger partial charge on any atom is 0.433 e. The van der Waals surface area contributed by atoms with E-state index < -0.39 is 17.8 Å². The zero-order valence-electron chi connectivity index (χ0n) is 17.1. The number of carbonyl (C=O) groups excluding carboxylic acids is 1. The van der Waals surface area contributed by atoms with Crippen LogP contribution in [0.1, 0.15) is 51.8 Å². The summed E-state index contributed by atoms with van der Waals surface area (Å²) in [4.78, 5) is 16.9. The molecular weight excluding hydrogens is 421 g/mol. The van der Waals surface area contributed by atoms with Crippen LogP contribution in [0.3, 0.4) is 0 Å². The number of nitrogens with zero attached hydrogens (tertiary/aromatic N) is 5. The predicted molar refractivity (Wildman–Crippen MR) is 110 cm³/mol. The summed E-state index contributed by atoms with van der Waals surface area (Å²) in [6, 6.07) is 11.9. The van der Waals surface area contributed by atoms with Gasteiger partial charge in [0, 0.05) is 29.9 Å². The summed E-state index contributed by atoms with van der Waals surface area (Å²) in [5, 5.41) is 10.8. The van der Waals surface area contributed by atoms with Gasteiger partial charge in [0.25, 0.3) is 5.91 Å². The Labute approximate surface area is 180 Å². The Hall–Kier alpha value is -3.69. The maximum atomic E-state index is 13.5. The van der Waals surface area contributed by atoms with Crippen LogP contribution >= 0.6 is 0 Å². The molecule has 0 unspecified atom stereocenters. The topological polar surface area (TPSA) is 77.1 Å². The number of hydrogen-bond donors (Lipinski definition) is 1. The van der Waals surface area contributed by atoms with Crippen molar-refractivity contribution < 1.29 is 18.0 Å². The lowest BCUT2D eigenvalue weighted by atomic mass is 10.1. The number of anilines is 1. The molecule has 0 bridgehead atoms. The first-order valence-corrected chi connectivity index (χ1v) is 10.1. The second-order valence-corrected chi connectivity index (χ2v) is 7.98. The van der Waals surface area contributed by atoms with Gasteiger partial charge in [0.1, 0.15) is 5.69 Å². The number of carbonyl (C=O) groups is 1. The van der Waals surface area contributed by atoms with Crippen molar-refractivity contribution in [2.45, 2.75) is 38.4 Å². The Balaban J connectivity index is 1.38. The van der Waals surface area contributed by atoms with E-state index in [4.69, 9.17) is 0 Å². The van der Waals surface area contributed by atoms with Crippen LogP contribution in [0.5, 0.6) is 0 Å². The molecule has 164 valence electrons. The van der Waals surface area contributed by atoms with Crippen molar-refractivity contribution in [2.75, 3.05) is 5.32 Å². The molecule has 1 N–H and O–H groups in total. The third-order valence-corrected chi connectivity index (χ3v) is 5.28. The van der Waals surface area contributed by atoms with Gasteiger partial charge in [-0.15, -0.1) is 0 Å². The molecule has 3 aromatic heterocycles. The van der Waals surface area contributed by atoms with Gasteiger partial charge in [-0.2, -0.15) is 23.4 Å². The first-order valence-electron chi connectivity index (χ1n) is 10.1. The van der Waals surface area contributed by atoms with Crippen LogP contribution in [0.15, 0.2) is 48.7 Å². The Morgan fingerprint density at radius 1 is 1.16 bits per heavy atom. The molecule has 32 heavy (non-hydrogen) atoms. The predicted octanol–water partition coefficient (Wildman–Crippen LogP) is 4.43. The normalized spacial score (nSPS) is 14.1.